The summed E-state index contributed by atoms with van der Waals surface area (Å²) >= 11 is 1.76. The molecule has 0 spiro atoms. The van der Waals surface area contributed by atoms with E-state index in [1.807, 2.05) is 0 Å². The third-order valence-corrected chi connectivity index (χ3v) is 6.19. The highest BCUT2D eigenvalue weighted by Crippen LogP contribution is 2.35. The number of nitrogens with zero attached hydrogens (tertiary/aromatic N) is 2. The van der Waals surface area contributed by atoms with Gasteiger partial charge in [0.05, 0.1) is 40.0 Å². The fourth-order valence-corrected chi connectivity index (χ4v) is 4.27. The van der Waals surface area contributed by atoms with Gasteiger partial charge in [-0.3, -0.25) is 15.5 Å². The van der Waals surface area contributed by atoms with Gasteiger partial charge in [-0.2, -0.15) is 5.10 Å². The number of phenols is 1. The second kappa shape index (κ2) is 13.1. The zero-order chi connectivity index (χ0) is 28.7. The molecule has 1 heterocycles. The first-order valence-corrected chi connectivity index (χ1v) is 12.5. The molecule has 208 valence electrons. The zero-order valence-electron chi connectivity index (χ0n) is 21.1. The number of hydrogen-bond donors (Lipinski definition) is 5. The van der Waals surface area contributed by atoms with Gasteiger partial charge < -0.3 is 35.1 Å². The van der Waals surface area contributed by atoms with Crippen LogP contribution >= 0.6 is 22.6 Å². The molecule has 1 aliphatic rings. The fraction of sp³-hybridized carbons (Fsp3) is 0.292. The number of aromatic hydroxyl groups is 1. The maximum absolute atomic E-state index is 12.4. The number of nitro groups is 1. The number of carbonyl (C=O) groups excluding carboxylic acids is 2. The van der Waals surface area contributed by atoms with Crippen LogP contribution in [-0.2, 0) is 9.53 Å². The number of ether oxygens (including phenoxy) is 3. The molecule has 2 aromatic rings. The second-order valence-electron chi connectivity index (χ2n) is 8.04. The topological polar surface area (TPSA) is 194 Å². The summed E-state index contributed by atoms with van der Waals surface area (Å²) in [5.41, 5.74) is 3.45. The molecule has 0 saturated carbocycles. The molecule has 5 N–H and O–H groups in total. The molecule has 2 amide bonds. The molecule has 0 saturated heterocycles. The summed E-state index contributed by atoms with van der Waals surface area (Å²) in [5.74, 6) is -0.443. The van der Waals surface area contributed by atoms with Crippen LogP contribution in [-0.4, -0.2) is 59.9 Å². The van der Waals surface area contributed by atoms with Gasteiger partial charge in [0.1, 0.15) is 6.61 Å². The van der Waals surface area contributed by atoms with E-state index in [1.165, 1.54) is 19.4 Å². The van der Waals surface area contributed by atoms with Gasteiger partial charge in [0.2, 0.25) is 5.75 Å². The molecule has 3 rings (SSSR count). The number of benzene rings is 2. The lowest BCUT2D eigenvalue weighted by atomic mass is 9.95. The number of methoxy groups -OCH3 is 1. The van der Waals surface area contributed by atoms with Gasteiger partial charge in [0.15, 0.2) is 17.7 Å². The van der Waals surface area contributed by atoms with Gasteiger partial charge in [-0.25, -0.2) is 9.59 Å². The van der Waals surface area contributed by atoms with Crippen molar-refractivity contribution in [3.8, 4) is 17.2 Å². The highest BCUT2D eigenvalue weighted by atomic mass is 127. The number of halogens is 1. The number of nitro benzene ring substituents is 1. The van der Waals surface area contributed by atoms with Crippen molar-refractivity contribution in [3.05, 3.63) is 66.4 Å². The number of aliphatic hydroxyl groups excluding tert-OH is 1. The Balaban J connectivity index is 1.71. The summed E-state index contributed by atoms with van der Waals surface area (Å²) < 4.78 is 16.5. The van der Waals surface area contributed by atoms with Crippen LogP contribution in [0.3, 0.4) is 0 Å². The molecule has 0 bridgehead atoms. The lowest BCUT2D eigenvalue weighted by molar-refractivity contribution is -0.386. The summed E-state index contributed by atoms with van der Waals surface area (Å²) in [6.45, 7) is 3.41. The van der Waals surface area contributed by atoms with Crippen LogP contribution in [0, 0.1) is 13.7 Å². The average Bonchev–Trinajstić information content (AvgIpc) is 2.89. The van der Waals surface area contributed by atoms with Crippen LogP contribution < -0.4 is 25.5 Å². The average molecular weight is 655 g/mol. The van der Waals surface area contributed by atoms with Crippen LogP contribution in [0.1, 0.15) is 31.0 Å². The van der Waals surface area contributed by atoms with E-state index in [4.69, 9.17) is 14.2 Å². The Morgan fingerprint density at radius 2 is 2.05 bits per heavy atom. The lowest BCUT2D eigenvalue weighted by Crippen LogP contribution is -2.45. The number of rotatable bonds is 11. The monoisotopic (exact) mass is 655 g/mol. The normalized spacial score (nSPS) is 15.8. The molecule has 2 aromatic carbocycles. The fourth-order valence-electron chi connectivity index (χ4n) is 3.64. The van der Waals surface area contributed by atoms with Gasteiger partial charge in [-0.05, 0) is 60.2 Å². The SMILES string of the molecule is CCOc1cc([C@H]2NC(=O)NC(C)=C2C(=O)OC)ccc1OC[C@H](O)N/N=C\c1cc(I)c(O)c([N+](=O)[O-])c1. The van der Waals surface area contributed by atoms with E-state index in [-0.39, 0.29) is 21.5 Å². The molecule has 0 radical (unpaired) electrons. The first-order valence-electron chi connectivity index (χ1n) is 11.4. The van der Waals surface area contributed by atoms with E-state index in [2.05, 4.69) is 21.2 Å². The Hall–Kier alpha value is -4.12. The number of carbonyl (C=O) groups is 2. The van der Waals surface area contributed by atoms with E-state index >= 15 is 0 Å². The largest absolute Gasteiger partial charge is 0.501 e. The van der Waals surface area contributed by atoms with Crippen molar-refractivity contribution >= 4 is 46.5 Å². The molecule has 2 atom stereocenters. The van der Waals surface area contributed by atoms with Crippen molar-refractivity contribution in [2.45, 2.75) is 26.1 Å². The molecule has 1 aliphatic heterocycles. The van der Waals surface area contributed by atoms with Crippen LogP contribution in [0.15, 0.2) is 46.7 Å². The molecule has 0 aliphatic carbocycles. The summed E-state index contributed by atoms with van der Waals surface area (Å²) in [5, 5.41) is 40.2. The predicted molar refractivity (Wildman–Crippen MR) is 146 cm³/mol. The predicted octanol–water partition coefficient (Wildman–Crippen LogP) is 2.43. The molecule has 0 unspecified atom stereocenters. The van der Waals surface area contributed by atoms with Gasteiger partial charge in [0, 0.05) is 17.3 Å². The van der Waals surface area contributed by atoms with E-state index < -0.39 is 40.6 Å². The Kier molecular flexibility index (Phi) is 9.89. The van der Waals surface area contributed by atoms with Gasteiger partial charge in [0.25, 0.3) is 0 Å². The third-order valence-electron chi connectivity index (χ3n) is 5.37. The maximum atomic E-state index is 12.4. The minimum absolute atomic E-state index is 0.236. The van der Waals surface area contributed by atoms with E-state index in [0.717, 1.165) is 6.07 Å². The highest BCUT2D eigenvalue weighted by Gasteiger charge is 2.32. The second-order valence-corrected chi connectivity index (χ2v) is 9.20. The summed E-state index contributed by atoms with van der Waals surface area (Å²) in [7, 11) is 1.25. The first-order chi connectivity index (χ1) is 18.5. The van der Waals surface area contributed by atoms with Crippen molar-refractivity contribution < 1.29 is 38.9 Å². The molecule has 39 heavy (non-hydrogen) atoms. The standard InChI is InChI=1S/C24H26IN5O9/c1-4-38-18-9-14(21-20(23(33)37-3)12(2)27-24(34)28-21)5-6-17(18)39-11-19(31)29-26-10-13-7-15(25)22(32)16(8-13)30(35)36/h5-10,19,21,29,31-32H,4,11H2,1-3H3,(H2,27,28,34)/b26-10-/t19-,21+/m0/s1. The molecule has 14 nitrogen and oxygen atoms in total. The van der Waals surface area contributed by atoms with Crippen molar-refractivity contribution in [3.63, 3.8) is 0 Å². The number of aliphatic hydroxyl groups is 1. The van der Waals surface area contributed by atoms with Crippen LogP contribution in [0.25, 0.3) is 0 Å². The zero-order valence-corrected chi connectivity index (χ0v) is 23.2. The van der Waals surface area contributed by atoms with E-state index in [1.54, 1.807) is 54.6 Å². The number of phenolic OH excluding ortho intramolecular Hbond substituents is 1. The van der Waals surface area contributed by atoms with E-state index in [0.29, 0.717) is 29.2 Å². The van der Waals surface area contributed by atoms with Crippen LogP contribution in [0.4, 0.5) is 10.5 Å². The Morgan fingerprint density at radius 3 is 2.72 bits per heavy atom. The number of urea groups is 1. The minimum atomic E-state index is -1.26. The van der Waals surface area contributed by atoms with Crippen molar-refractivity contribution in [1.82, 2.24) is 16.1 Å². The quantitative estimate of drug-likeness (QED) is 0.0600. The molecule has 15 heteroatoms. The summed E-state index contributed by atoms with van der Waals surface area (Å²) in [6, 6.07) is 6.19. The van der Waals surface area contributed by atoms with Gasteiger partial charge in [-0.15, -0.1) is 0 Å². The summed E-state index contributed by atoms with van der Waals surface area (Å²) in [6.07, 6.45) is -0.0123. The smallest absolute Gasteiger partial charge is 0.337 e. The van der Waals surface area contributed by atoms with Crippen LogP contribution in [0.5, 0.6) is 17.2 Å². The Morgan fingerprint density at radius 1 is 1.31 bits per heavy atom. The third kappa shape index (κ3) is 7.26. The number of esters is 1. The van der Waals surface area contributed by atoms with Crippen molar-refractivity contribution in [1.29, 1.82) is 0 Å². The van der Waals surface area contributed by atoms with Crippen LogP contribution in [0.2, 0.25) is 0 Å². The minimum Gasteiger partial charge on any atom is -0.501 e. The number of nitrogens with one attached hydrogen (secondary N) is 3. The molecule has 0 aromatic heterocycles. The van der Waals surface area contributed by atoms with E-state index in [9.17, 15) is 29.9 Å². The van der Waals surface area contributed by atoms with Crippen molar-refractivity contribution in [2.75, 3.05) is 20.3 Å². The van der Waals surface area contributed by atoms with Gasteiger partial charge >= 0.3 is 17.7 Å². The number of hydrazone groups is 1. The maximum Gasteiger partial charge on any atom is 0.337 e. The number of hydrogen-bond acceptors (Lipinski definition) is 11. The number of allylic oxidation sites excluding steroid dienone is 1. The molecular formula is C24H26IN5O9. The Bertz CT molecular complexity index is 1330. The molecule has 0 fully saturated rings. The number of amides is 2. The molecular weight excluding hydrogens is 629 g/mol. The Labute approximate surface area is 236 Å². The lowest BCUT2D eigenvalue weighted by Gasteiger charge is -2.28. The van der Waals surface area contributed by atoms with Crippen molar-refractivity contribution in [2.24, 2.45) is 5.10 Å². The first kappa shape index (κ1) is 29.4. The van der Waals surface area contributed by atoms with Gasteiger partial charge in [-0.1, -0.05) is 6.07 Å². The highest BCUT2D eigenvalue weighted by molar-refractivity contribution is 14.1. The summed E-state index contributed by atoms with van der Waals surface area (Å²) in [4.78, 5) is 34.8.